The molecule has 0 atom stereocenters. The van der Waals surface area contributed by atoms with E-state index in [0.717, 1.165) is 0 Å². The van der Waals surface area contributed by atoms with Crippen LogP contribution in [0.3, 0.4) is 0 Å². The van der Waals surface area contributed by atoms with E-state index in [0.29, 0.717) is 33.7 Å². The van der Waals surface area contributed by atoms with Crippen LogP contribution in [0.25, 0.3) is 0 Å². The summed E-state index contributed by atoms with van der Waals surface area (Å²) in [5, 5.41) is 3.30. The van der Waals surface area contributed by atoms with Gasteiger partial charge in [0.05, 0.1) is 24.6 Å². The van der Waals surface area contributed by atoms with Gasteiger partial charge < -0.3 is 10.1 Å². The number of halogens is 2. The van der Waals surface area contributed by atoms with Crippen molar-refractivity contribution >= 4 is 44.8 Å². The van der Waals surface area contributed by atoms with Gasteiger partial charge in [-0.05, 0) is 42.8 Å². The van der Waals surface area contributed by atoms with E-state index in [1.165, 1.54) is 18.2 Å². The lowest BCUT2D eigenvalue weighted by Crippen LogP contribution is -2.33. The second-order valence-electron chi connectivity index (χ2n) is 5.34. The summed E-state index contributed by atoms with van der Waals surface area (Å²) in [6, 6.07) is 11.4. The molecule has 0 aliphatic rings. The molecule has 0 saturated heterocycles. The summed E-state index contributed by atoms with van der Waals surface area (Å²) in [4.78, 5) is 12.0. The Morgan fingerprint density at radius 2 is 1.77 bits per heavy atom. The maximum atomic E-state index is 12.1. The molecule has 2 N–H and O–H groups in total. The Balaban J connectivity index is 1.95. The molecule has 0 spiro atoms. The van der Waals surface area contributed by atoms with Crippen molar-refractivity contribution in [2.24, 2.45) is 0 Å². The van der Waals surface area contributed by atoms with E-state index in [-0.39, 0.29) is 5.75 Å². The van der Waals surface area contributed by atoms with E-state index in [9.17, 15) is 13.2 Å². The highest BCUT2D eigenvalue weighted by molar-refractivity contribution is 7.88. The Labute approximate surface area is 162 Å². The number of carbonyl (C=O) groups excluding carboxylic acids is 1. The van der Waals surface area contributed by atoms with Crippen LogP contribution in [0.1, 0.15) is 12.5 Å². The molecule has 9 heteroatoms. The second kappa shape index (κ2) is 9.23. The van der Waals surface area contributed by atoms with Gasteiger partial charge in [0.1, 0.15) is 5.75 Å². The number of benzene rings is 2. The average molecular weight is 417 g/mol. The first kappa shape index (κ1) is 20.5. The van der Waals surface area contributed by atoms with Crippen molar-refractivity contribution in [3.63, 3.8) is 0 Å². The third-order valence-electron chi connectivity index (χ3n) is 3.19. The molecule has 2 rings (SSSR count). The summed E-state index contributed by atoms with van der Waals surface area (Å²) in [6.45, 7) is 1.87. The van der Waals surface area contributed by atoms with Crippen molar-refractivity contribution in [3.05, 3.63) is 58.1 Å². The van der Waals surface area contributed by atoms with Gasteiger partial charge in [-0.2, -0.15) is 0 Å². The van der Waals surface area contributed by atoms with Crippen LogP contribution in [0, 0.1) is 0 Å². The molecule has 0 fully saturated rings. The highest BCUT2D eigenvalue weighted by Gasteiger charge is 2.15. The molecule has 140 valence electrons. The Bertz CT molecular complexity index is 868. The molecule has 0 aromatic heterocycles. The number of hydrogen-bond donors (Lipinski definition) is 2. The predicted octanol–water partition coefficient (Wildman–Crippen LogP) is 3.45. The number of nitrogens with one attached hydrogen (secondary N) is 2. The fourth-order valence-electron chi connectivity index (χ4n) is 2.19. The molecular formula is C17H18Cl2N2O4S. The molecule has 0 heterocycles. The van der Waals surface area contributed by atoms with Crippen molar-refractivity contribution in [1.82, 2.24) is 4.72 Å². The number of anilines is 1. The highest BCUT2D eigenvalue weighted by atomic mass is 35.5. The van der Waals surface area contributed by atoms with Gasteiger partial charge in [0.15, 0.2) is 0 Å². The van der Waals surface area contributed by atoms with Gasteiger partial charge in [-0.1, -0.05) is 35.3 Å². The van der Waals surface area contributed by atoms with Gasteiger partial charge in [0.25, 0.3) is 0 Å². The maximum absolute atomic E-state index is 12.1. The number of sulfonamides is 1. The minimum Gasteiger partial charge on any atom is -0.492 e. The topological polar surface area (TPSA) is 84.5 Å². The zero-order valence-electron chi connectivity index (χ0n) is 14.0. The molecule has 0 unspecified atom stereocenters. The quantitative estimate of drug-likeness (QED) is 0.689. The summed E-state index contributed by atoms with van der Waals surface area (Å²) >= 11 is 11.7. The van der Waals surface area contributed by atoms with Gasteiger partial charge in [-0.3, -0.25) is 4.79 Å². The predicted molar refractivity (Wildman–Crippen MR) is 103 cm³/mol. The maximum Gasteiger partial charge on any atom is 0.239 e. The Kier molecular flexibility index (Phi) is 7.28. The first-order valence-electron chi connectivity index (χ1n) is 7.73. The minimum absolute atomic E-state index is 0.337. The number of amides is 1. The van der Waals surface area contributed by atoms with Gasteiger partial charge in [0.2, 0.25) is 15.9 Å². The zero-order valence-corrected chi connectivity index (χ0v) is 16.3. The van der Waals surface area contributed by atoms with Crippen LogP contribution in [0.4, 0.5) is 5.69 Å². The van der Waals surface area contributed by atoms with Crippen LogP contribution in [-0.4, -0.2) is 27.5 Å². The fourth-order valence-corrected chi connectivity index (χ4v) is 3.82. The van der Waals surface area contributed by atoms with Crippen LogP contribution >= 0.6 is 23.2 Å². The van der Waals surface area contributed by atoms with E-state index in [4.69, 9.17) is 27.9 Å². The summed E-state index contributed by atoms with van der Waals surface area (Å²) in [5.41, 5.74) is 0.900. The van der Waals surface area contributed by atoms with Crippen molar-refractivity contribution < 1.29 is 17.9 Å². The molecular weight excluding hydrogens is 399 g/mol. The minimum atomic E-state index is -3.74. The second-order valence-corrected chi connectivity index (χ2v) is 8.01. The van der Waals surface area contributed by atoms with Crippen molar-refractivity contribution in [1.29, 1.82) is 0 Å². The van der Waals surface area contributed by atoms with Gasteiger partial charge >= 0.3 is 0 Å². The first-order valence-corrected chi connectivity index (χ1v) is 10.1. The molecule has 6 nitrogen and oxygen atoms in total. The smallest absolute Gasteiger partial charge is 0.239 e. The SMILES string of the molecule is CCOc1ccccc1NC(=O)CNS(=O)(=O)Cc1cc(Cl)cc(Cl)c1. The average Bonchev–Trinajstić information content (AvgIpc) is 2.54. The third-order valence-corrected chi connectivity index (χ3v) is 4.93. The first-order chi connectivity index (χ1) is 12.3. The summed E-state index contributed by atoms with van der Waals surface area (Å²) in [5.74, 6) is -0.333. The van der Waals surface area contributed by atoms with Gasteiger partial charge in [0, 0.05) is 10.0 Å². The molecule has 0 saturated carbocycles. The normalized spacial score (nSPS) is 11.2. The molecule has 2 aromatic carbocycles. The molecule has 0 aliphatic carbocycles. The largest absolute Gasteiger partial charge is 0.492 e. The van der Waals surface area contributed by atoms with Crippen LogP contribution in [-0.2, 0) is 20.6 Å². The molecule has 0 aliphatic heterocycles. The summed E-state index contributed by atoms with van der Waals surface area (Å²) in [6.07, 6.45) is 0. The van der Waals surface area contributed by atoms with Crippen LogP contribution < -0.4 is 14.8 Å². The van der Waals surface area contributed by atoms with Crippen LogP contribution in [0.2, 0.25) is 10.0 Å². The Morgan fingerprint density at radius 3 is 2.42 bits per heavy atom. The standard InChI is InChI=1S/C17H18Cl2N2O4S/c1-2-25-16-6-4-3-5-15(16)21-17(22)10-20-26(23,24)11-12-7-13(18)9-14(19)8-12/h3-9,20H,2,10-11H2,1H3,(H,21,22). The number of ether oxygens (including phenoxy) is 1. The van der Waals surface area contributed by atoms with Gasteiger partial charge in [-0.15, -0.1) is 0 Å². The lowest BCUT2D eigenvalue weighted by molar-refractivity contribution is -0.115. The number of carbonyl (C=O) groups is 1. The lowest BCUT2D eigenvalue weighted by Gasteiger charge is -2.12. The molecule has 26 heavy (non-hydrogen) atoms. The fraction of sp³-hybridized carbons (Fsp3) is 0.235. The molecule has 2 aromatic rings. The summed E-state index contributed by atoms with van der Waals surface area (Å²) < 4.78 is 32.0. The molecule has 0 radical (unpaired) electrons. The van der Waals surface area contributed by atoms with Crippen molar-refractivity contribution in [3.8, 4) is 5.75 Å². The van der Waals surface area contributed by atoms with E-state index < -0.39 is 22.5 Å². The van der Waals surface area contributed by atoms with Crippen LogP contribution in [0.5, 0.6) is 5.75 Å². The molecule has 0 bridgehead atoms. The highest BCUT2D eigenvalue weighted by Crippen LogP contribution is 2.23. The van der Waals surface area contributed by atoms with E-state index in [1.807, 2.05) is 6.92 Å². The lowest BCUT2D eigenvalue weighted by atomic mass is 10.2. The van der Waals surface area contributed by atoms with E-state index in [1.54, 1.807) is 24.3 Å². The van der Waals surface area contributed by atoms with E-state index >= 15 is 0 Å². The Hall–Kier alpha value is -1.80. The number of rotatable bonds is 8. The molecule has 1 amide bonds. The number of hydrogen-bond acceptors (Lipinski definition) is 4. The number of para-hydroxylation sites is 2. The Morgan fingerprint density at radius 1 is 1.12 bits per heavy atom. The third kappa shape index (κ3) is 6.49. The monoisotopic (exact) mass is 416 g/mol. The zero-order chi connectivity index (χ0) is 19.2. The van der Waals surface area contributed by atoms with Crippen molar-refractivity contribution in [2.45, 2.75) is 12.7 Å². The van der Waals surface area contributed by atoms with Crippen LogP contribution in [0.15, 0.2) is 42.5 Å². The van der Waals surface area contributed by atoms with Crippen molar-refractivity contribution in [2.75, 3.05) is 18.5 Å². The van der Waals surface area contributed by atoms with E-state index in [2.05, 4.69) is 10.0 Å². The summed E-state index contributed by atoms with van der Waals surface area (Å²) in [7, 11) is -3.74. The van der Waals surface area contributed by atoms with Gasteiger partial charge in [-0.25, -0.2) is 13.1 Å².